The number of ether oxygens (including phenoxy) is 2. The van der Waals surface area contributed by atoms with Crippen molar-refractivity contribution in [3.8, 4) is 11.5 Å². The molecule has 2 aliphatic rings. The minimum atomic E-state index is -1.31. The summed E-state index contributed by atoms with van der Waals surface area (Å²) in [7, 11) is -1.19. The largest absolute Gasteiger partial charge is 0.465 e. The van der Waals surface area contributed by atoms with E-state index < -0.39 is 28.1 Å². The van der Waals surface area contributed by atoms with Crippen molar-refractivity contribution in [1.82, 2.24) is 19.3 Å². The van der Waals surface area contributed by atoms with Crippen LogP contribution in [-0.4, -0.2) is 66.9 Å². The molecule has 12 heteroatoms. The molecule has 0 aliphatic heterocycles. The number of fused-ring (bicyclic) bond motifs is 3. The van der Waals surface area contributed by atoms with Crippen LogP contribution < -0.4 is 4.90 Å². The fourth-order valence-corrected chi connectivity index (χ4v) is 7.28. The number of carbonyl (C=O) groups is 1. The minimum Gasteiger partial charge on any atom is -0.465 e. The van der Waals surface area contributed by atoms with Gasteiger partial charge in [-0.2, -0.15) is 5.10 Å². The van der Waals surface area contributed by atoms with Crippen LogP contribution in [0.3, 0.4) is 0 Å². The van der Waals surface area contributed by atoms with Crippen molar-refractivity contribution in [2.75, 3.05) is 25.2 Å². The zero-order chi connectivity index (χ0) is 30.6. The van der Waals surface area contributed by atoms with Crippen molar-refractivity contribution in [1.29, 1.82) is 0 Å². The monoisotopic (exact) mass is 615 g/mol. The van der Waals surface area contributed by atoms with Gasteiger partial charge in [0, 0.05) is 53.7 Å². The Labute approximate surface area is 250 Å². The number of benzene rings is 1. The Balaban J connectivity index is 1.56. The van der Waals surface area contributed by atoms with Gasteiger partial charge in [-0.1, -0.05) is 46.2 Å². The third kappa shape index (κ3) is 6.51. The molecule has 0 unspecified atom stereocenters. The molecule has 2 heterocycles. The number of rotatable bonds is 12. The van der Waals surface area contributed by atoms with Crippen molar-refractivity contribution in [2.24, 2.45) is 11.3 Å². The molecular weight excluding hydrogens is 570 g/mol. The summed E-state index contributed by atoms with van der Waals surface area (Å²) in [5.41, 5.74) is 4.51. The molecule has 2 aliphatic carbocycles. The van der Waals surface area contributed by atoms with Gasteiger partial charge in [0.1, 0.15) is 25.0 Å². The van der Waals surface area contributed by atoms with Crippen LogP contribution in [0.25, 0.3) is 22.6 Å². The second-order valence-corrected chi connectivity index (χ2v) is 26.1. The normalized spacial score (nSPS) is 20.1. The fraction of sp³-hybridized carbons (Fsp3) is 0.633. The van der Waals surface area contributed by atoms with Crippen LogP contribution in [0.2, 0.25) is 51.4 Å². The maximum Gasteiger partial charge on any atom is 0.411 e. The van der Waals surface area contributed by atoms with Gasteiger partial charge >= 0.3 is 6.09 Å². The van der Waals surface area contributed by atoms with Crippen LogP contribution >= 0.6 is 0 Å². The lowest BCUT2D eigenvalue weighted by Gasteiger charge is -2.20. The predicted molar refractivity (Wildman–Crippen MR) is 169 cm³/mol. The second-order valence-electron chi connectivity index (χ2n) is 14.9. The lowest BCUT2D eigenvalue weighted by molar-refractivity contribution is 0.0756. The molecule has 1 amide bonds. The highest BCUT2D eigenvalue weighted by Gasteiger charge is 2.54. The van der Waals surface area contributed by atoms with Crippen molar-refractivity contribution >= 4 is 39.0 Å². The molecule has 230 valence electrons. The highest BCUT2D eigenvalue weighted by molar-refractivity contribution is 6.76. The van der Waals surface area contributed by atoms with E-state index in [1.807, 2.05) is 9.25 Å². The number of nitrogens with zero attached hydrogens (tertiary/aromatic N) is 5. The topological polar surface area (TPSA) is 94.6 Å². The van der Waals surface area contributed by atoms with Crippen molar-refractivity contribution in [2.45, 2.75) is 91.0 Å². The first-order valence-corrected chi connectivity index (χ1v) is 22.4. The molecule has 0 saturated heterocycles. The Morgan fingerprint density at radius 3 is 2.38 bits per heavy atom. The molecule has 0 radical (unpaired) electrons. The third-order valence-electron chi connectivity index (χ3n) is 8.83. The van der Waals surface area contributed by atoms with Gasteiger partial charge in [-0.15, -0.1) is 0 Å². The second kappa shape index (κ2) is 11.2. The molecule has 1 saturated carbocycles. The summed E-state index contributed by atoms with van der Waals surface area (Å²) in [5.74, 6) is 0.600. The summed E-state index contributed by atoms with van der Waals surface area (Å²) in [5, 5.41) is 14.6. The Kier molecular flexibility index (Phi) is 8.23. The Morgan fingerprint density at radius 2 is 1.76 bits per heavy atom. The van der Waals surface area contributed by atoms with E-state index in [1.165, 1.54) is 30.8 Å². The van der Waals surface area contributed by atoms with E-state index in [0.29, 0.717) is 48.1 Å². The van der Waals surface area contributed by atoms with Crippen LogP contribution in [-0.2, 0) is 35.8 Å². The lowest BCUT2D eigenvalue weighted by atomic mass is 9.87. The van der Waals surface area contributed by atoms with Crippen molar-refractivity contribution in [3.05, 3.63) is 29.2 Å². The first kappa shape index (κ1) is 30.9. The van der Waals surface area contributed by atoms with Gasteiger partial charge in [-0.05, 0) is 48.7 Å². The summed E-state index contributed by atoms with van der Waals surface area (Å²) in [4.78, 5) is 17.5. The summed E-state index contributed by atoms with van der Waals surface area (Å²) in [6.45, 7) is 18.2. The molecule has 0 spiro atoms. The number of carboxylic acid groups (broad SMARTS) is 1. The molecule has 3 aromatic rings. The standard InChI is InChI=1S/C30H46FN5O4Si2/c1-30-16-20(30)13-21-26(17-30)36(19-40-10-12-42(6,7)8)33-27(21)28-32-23-14-22(31)24(34(2)29(37)38)15-25(23)35(28)18-39-9-11-41(3,4)5/h14-15,20H,9-13,16-19H2,1-8H3,(H,37,38)/t20-,30-/m1/s1. The molecule has 42 heavy (non-hydrogen) atoms. The van der Waals surface area contributed by atoms with Crippen LogP contribution in [0.15, 0.2) is 12.1 Å². The molecule has 0 bridgehead atoms. The summed E-state index contributed by atoms with van der Waals surface area (Å²) in [6.07, 6.45) is 1.84. The summed E-state index contributed by atoms with van der Waals surface area (Å²) >= 11 is 0. The Morgan fingerprint density at radius 1 is 1.12 bits per heavy atom. The number of hydrogen-bond acceptors (Lipinski definition) is 5. The van der Waals surface area contributed by atoms with Crippen molar-refractivity contribution in [3.63, 3.8) is 0 Å². The molecule has 9 nitrogen and oxygen atoms in total. The number of anilines is 1. The molecule has 5 rings (SSSR count). The van der Waals surface area contributed by atoms with E-state index in [0.717, 1.165) is 35.5 Å². The SMILES string of the molecule is CN(C(=O)O)c1cc2c(cc1F)nc(-c1nn(COCC[Si](C)(C)C)c3c1C[C@@H]1C[C@]1(C)C3)n2COCC[Si](C)(C)C. The van der Waals surface area contributed by atoms with Crippen LogP contribution in [0, 0.1) is 17.2 Å². The highest BCUT2D eigenvalue weighted by atomic mass is 28.3. The van der Waals surface area contributed by atoms with Gasteiger partial charge in [0.15, 0.2) is 5.82 Å². The molecular formula is C30H46FN5O4Si2. The first-order valence-electron chi connectivity index (χ1n) is 15.0. The first-order chi connectivity index (χ1) is 19.6. The van der Waals surface area contributed by atoms with Gasteiger partial charge in [0.25, 0.3) is 0 Å². The average Bonchev–Trinajstić information content (AvgIpc) is 3.25. The van der Waals surface area contributed by atoms with Crippen molar-refractivity contribution < 1.29 is 23.8 Å². The van der Waals surface area contributed by atoms with Gasteiger partial charge in [0.05, 0.1) is 16.7 Å². The molecule has 2 atom stereocenters. The van der Waals surface area contributed by atoms with Crippen LogP contribution in [0.1, 0.15) is 24.6 Å². The molecule has 1 aromatic carbocycles. The van der Waals surface area contributed by atoms with E-state index in [2.05, 4.69) is 46.2 Å². The number of halogens is 1. The van der Waals surface area contributed by atoms with Gasteiger partial charge in [0.2, 0.25) is 0 Å². The van der Waals surface area contributed by atoms with Crippen LogP contribution in [0.5, 0.6) is 0 Å². The zero-order valence-electron chi connectivity index (χ0n) is 26.4. The van der Waals surface area contributed by atoms with E-state index in [-0.39, 0.29) is 12.4 Å². The smallest absolute Gasteiger partial charge is 0.411 e. The Hall–Kier alpha value is -2.55. The molecule has 2 aromatic heterocycles. The van der Waals surface area contributed by atoms with E-state index in [4.69, 9.17) is 19.6 Å². The average molecular weight is 616 g/mol. The minimum absolute atomic E-state index is 0.0260. The lowest BCUT2D eigenvalue weighted by Crippen LogP contribution is -2.24. The Bertz CT molecular complexity index is 1490. The maximum atomic E-state index is 15.1. The molecule has 1 N–H and O–H groups in total. The number of hydrogen-bond donors (Lipinski definition) is 1. The fourth-order valence-electron chi connectivity index (χ4n) is 5.77. The predicted octanol–water partition coefficient (Wildman–Crippen LogP) is 6.90. The van der Waals surface area contributed by atoms with Gasteiger partial charge in [-0.3, -0.25) is 9.47 Å². The maximum absolute atomic E-state index is 15.1. The number of amides is 1. The van der Waals surface area contributed by atoms with Crippen LogP contribution in [0.4, 0.5) is 14.9 Å². The summed E-state index contributed by atoms with van der Waals surface area (Å²) in [6, 6.07) is 4.97. The number of aromatic nitrogens is 4. The zero-order valence-corrected chi connectivity index (χ0v) is 28.4. The van der Waals surface area contributed by atoms with Gasteiger partial charge < -0.3 is 14.6 Å². The third-order valence-corrected chi connectivity index (χ3v) is 12.2. The van der Waals surface area contributed by atoms with E-state index in [1.54, 1.807) is 6.07 Å². The van der Waals surface area contributed by atoms with E-state index >= 15 is 4.39 Å². The molecule has 1 fully saturated rings. The highest BCUT2D eigenvalue weighted by Crippen LogP contribution is 2.60. The van der Waals surface area contributed by atoms with Gasteiger partial charge in [-0.25, -0.2) is 18.9 Å². The quantitative estimate of drug-likeness (QED) is 0.176. The van der Waals surface area contributed by atoms with E-state index in [9.17, 15) is 9.90 Å². The number of imidazole rings is 1. The summed E-state index contributed by atoms with van der Waals surface area (Å²) < 4.78 is 31.4.